The number of fused-ring (bicyclic) bond motifs is 1. The molecule has 4 rings (SSSR count). The molecule has 0 amide bonds. The van der Waals surface area contributed by atoms with Crippen molar-refractivity contribution >= 4 is 23.3 Å². The van der Waals surface area contributed by atoms with E-state index in [-0.39, 0.29) is 41.0 Å². The van der Waals surface area contributed by atoms with Crippen molar-refractivity contribution < 1.29 is 17.9 Å². The Kier molecular flexibility index (Phi) is 5.38. The number of hydrogen-bond acceptors (Lipinski definition) is 3. The van der Waals surface area contributed by atoms with E-state index in [1.165, 1.54) is 18.2 Å². The van der Waals surface area contributed by atoms with Gasteiger partial charge in [-0.25, -0.2) is 17.9 Å². The highest BCUT2D eigenvalue weighted by Crippen LogP contribution is 2.32. The average molecular weight is 384 g/mol. The van der Waals surface area contributed by atoms with Crippen LogP contribution < -0.4 is 10.1 Å². The van der Waals surface area contributed by atoms with Crippen LogP contribution >= 0.6 is 12.4 Å². The number of benzene rings is 2. The molecule has 26 heavy (non-hydrogen) atoms. The summed E-state index contributed by atoms with van der Waals surface area (Å²) in [6.07, 6.45) is 1.41. The molecule has 0 radical (unpaired) electrons. The van der Waals surface area contributed by atoms with Gasteiger partial charge in [-0.3, -0.25) is 0 Å². The molecule has 4 nitrogen and oxygen atoms in total. The summed E-state index contributed by atoms with van der Waals surface area (Å²) in [6.45, 7) is 1.60. The largest absolute Gasteiger partial charge is 0.473 e. The predicted molar refractivity (Wildman–Crippen MR) is 94.7 cm³/mol. The van der Waals surface area contributed by atoms with Crippen LogP contribution in [0.2, 0.25) is 0 Å². The molecule has 138 valence electrons. The van der Waals surface area contributed by atoms with E-state index in [0.29, 0.717) is 0 Å². The Balaban J connectivity index is 0.00000196. The van der Waals surface area contributed by atoms with Gasteiger partial charge in [-0.2, -0.15) is 0 Å². The number of halogens is 4. The third-order valence-corrected chi connectivity index (χ3v) is 4.34. The lowest BCUT2D eigenvalue weighted by Crippen LogP contribution is -2.34. The zero-order valence-electron chi connectivity index (χ0n) is 13.7. The first kappa shape index (κ1) is 18.5. The van der Waals surface area contributed by atoms with Crippen molar-refractivity contribution in [3.63, 3.8) is 0 Å². The molecule has 0 aliphatic carbocycles. The van der Waals surface area contributed by atoms with Crippen LogP contribution in [0.4, 0.5) is 13.2 Å². The molecule has 3 aromatic rings. The molecule has 0 unspecified atom stereocenters. The second-order valence-electron chi connectivity index (χ2n) is 5.99. The van der Waals surface area contributed by atoms with Crippen molar-refractivity contribution in [2.75, 3.05) is 13.1 Å². The molecule has 0 bridgehead atoms. The Morgan fingerprint density at radius 2 is 1.58 bits per heavy atom. The highest BCUT2D eigenvalue weighted by molar-refractivity contribution is 5.86. The molecule has 0 atom stereocenters. The van der Waals surface area contributed by atoms with E-state index in [9.17, 15) is 13.2 Å². The number of nitrogens with zero attached hydrogens (tertiary/aromatic N) is 2. The van der Waals surface area contributed by atoms with E-state index in [4.69, 9.17) is 4.74 Å². The van der Waals surface area contributed by atoms with Crippen LogP contribution in [0.15, 0.2) is 36.4 Å². The summed E-state index contributed by atoms with van der Waals surface area (Å²) in [6, 6.07) is 7.86. The molecule has 2 aromatic carbocycles. The van der Waals surface area contributed by atoms with Gasteiger partial charge in [0.1, 0.15) is 17.6 Å². The third-order valence-electron chi connectivity index (χ3n) is 4.34. The van der Waals surface area contributed by atoms with Gasteiger partial charge in [0.15, 0.2) is 11.6 Å². The normalized spacial score (nSPS) is 15.0. The zero-order valence-corrected chi connectivity index (χ0v) is 14.5. The van der Waals surface area contributed by atoms with Crippen LogP contribution in [0, 0.1) is 17.5 Å². The first-order valence-electron chi connectivity index (χ1n) is 8.14. The molecule has 1 fully saturated rings. The maximum absolute atomic E-state index is 14.4. The van der Waals surface area contributed by atoms with Crippen molar-refractivity contribution in [3.8, 4) is 11.6 Å². The second kappa shape index (κ2) is 7.55. The monoisotopic (exact) mass is 383 g/mol. The minimum Gasteiger partial charge on any atom is -0.473 e. The first-order chi connectivity index (χ1) is 12.1. The Labute approximate surface area is 154 Å². The fourth-order valence-corrected chi connectivity index (χ4v) is 3.11. The molecule has 2 heterocycles. The summed E-state index contributed by atoms with van der Waals surface area (Å²) < 4.78 is 49.7. The number of rotatable bonds is 3. The average Bonchev–Trinajstić information content (AvgIpc) is 2.95. The number of piperidine rings is 1. The summed E-state index contributed by atoms with van der Waals surface area (Å²) in [7, 11) is 0. The van der Waals surface area contributed by atoms with E-state index in [2.05, 4.69) is 10.4 Å². The van der Waals surface area contributed by atoms with Gasteiger partial charge < -0.3 is 10.1 Å². The number of para-hydroxylation sites is 1. The summed E-state index contributed by atoms with van der Waals surface area (Å²) in [5, 5.41) is 7.53. The van der Waals surface area contributed by atoms with Gasteiger partial charge in [0.25, 0.3) is 0 Å². The van der Waals surface area contributed by atoms with Gasteiger partial charge in [0, 0.05) is 0 Å². The highest BCUT2D eigenvalue weighted by atomic mass is 35.5. The Hall–Kier alpha value is -2.25. The fraction of sp³-hybridized carbons (Fsp3) is 0.278. The van der Waals surface area contributed by atoms with Crippen molar-refractivity contribution in [1.29, 1.82) is 0 Å². The predicted octanol–water partition coefficient (Wildman–Crippen LogP) is 4.00. The third kappa shape index (κ3) is 3.24. The smallest absolute Gasteiger partial charge is 0.244 e. The van der Waals surface area contributed by atoms with E-state index in [0.717, 1.165) is 42.7 Å². The molecule has 8 heteroatoms. The van der Waals surface area contributed by atoms with Crippen LogP contribution in [0.5, 0.6) is 5.88 Å². The Bertz CT molecular complexity index is 905. The standard InChI is InChI=1S/C18H16F3N3O.ClH/c19-12-3-2-6-15-16(12)18(25-11-7-9-22-10-8-11)23-24(15)17-13(20)4-1-5-14(17)21;/h1-6,11,22H,7-10H2;1H. The summed E-state index contributed by atoms with van der Waals surface area (Å²) in [5.74, 6) is -2.03. The molecular formula is C18H17ClF3N3O. The van der Waals surface area contributed by atoms with Crippen LogP contribution in [0.3, 0.4) is 0 Å². The van der Waals surface area contributed by atoms with Gasteiger partial charge in [-0.1, -0.05) is 12.1 Å². The van der Waals surface area contributed by atoms with Crippen molar-refractivity contribution in [3.05, 3.63) is 53.8 Å². The number of aromatic nitrogens is 2. The summed E-state index contributed by atoms with van der Waals surface area (Å²) >= 11 is 0. The van der Waals surface area contributed by atoms with Crippen LogP contribution in [0.1, 0.15) is 12.8 Å². The molecule has 1 N–H and O–H groups in total. The lowest BCUT2D eigenvalue weighted by molar-refractivity contribution is 0.157. The molecule has 1 aromatic heterocycles. The van der Waals surface area contributed by atoms with Gasteiger partial charge in [-0.15, -0.1) is 17.5 Å². The SMILES string of the molecule is Cl.Fc1cccc(F)c1-n1nc(OC2CCNCC2)c2c(F)cccc21. The summed E-state index contributed by atoms with van der Waals surface area (Å²) in [4.78, 5) is 0. The minimum atomic E-state index is -0.776. The van der Waals surface area contributed by atoms with E-state index in [1.54, 1.807) is 6.07 Å². The Morgan fingerprint density at radius 3 is 2.27 bits per heavy atom. The van der Waals surface area contributed by atoms with Crippen molar-refractivity contribution in [1.82, 2.24) is 15.1 Å². The maximum atomic E-state index is 14.4. The van der Waals surface area contributed by atoms with Crippen LogP contribution in [-0.2, 0) is 0 Å². The quantitative estimate of drug-likeness (QED) is 0.743. The van der Waals surface area contributed by atoms with Gasteiger partial charge in [0.2, 0.25) is 5.88 Å². The summed E-state index contributed by atoms with van der Waals surface area (Å²) in [5.41, 5.74) is -0.0915. The Morgan fingerprint density at radius 1 is 0.962 bits per heavy atom. The second-order valence-corrected chi connectivity index (χ2v) is 5.99. The topological polar surface area (TPSA) is 39.1 Å². The van der Waals surface area contributed by atoms with E-state index >= 15 is 0 Å². The zero-order chi connectivity index (χ0) is 17.4. The number of ether oxygens (including phenoxy) is 1. The number of hydrogen-bond donors (Lipinski definition) is 1. The van der Waals surface area contributed by atoms with Crippen LogP contribution in [-0.4, -0.2) is 29.0 Å². The van der Waals surface area contributed by atoms with E-state index in [1.807, 2.05) is 0 Å². The van der Waals surface area contributed by atoms with Gasteiger partial charge in [0.05, 0.1) is 10.9 Å². The lowest BCUT2D eigenvalue weighted by atomic mass is 10.1. The lowest BCUT2D eigenvalue weighted by Gasteiger charge is -2.22. The van der Waals surface area contributed by atoms with Crippen molar-refractivity contribution in [2.45, 2.75) is 18.9 Å². The molecule has 0 spiro atoms. The highest BCUT2D eigenvalue weighted by Gasteiger charge is 2.23. The molecule has 1 aliphatic rings. The van der Waals surface area contributed by atoms with Crippen molar-refractivity contribution in [2.24, 2.45) is 0 Å². The maximum Gasteiger partial charge on any atom is 0.244 e. The van der Waals surface area contributed by atoms with E-state index < -0.39 is 17.5 Å². The van der Waals surface area contributed by atoms with Crippen LogP contribution in [0.25, 0.3) is 16.6 Å². The molecule has 0 saturated carbocycles. The molecular weight excluding hydrogens is 367 g/mol. The minimum absolute atomic E-state index is 0. The molecule has 1 saturated heterocycles. The van der Waals surface area contributed by atoms with Gasteiger partial charge >= 0.3 is 0 Å². The van der Waals surface area contributed by atoms with Gasteiger partial charge in [-0.05, 0) is 50.2 Å². The fourth-order valence-electron chi connectivity index (χ4n) is 3.11. The number of nitrogens with one attached hydrogen (secondary N) is 1. The first-order valence-corrected chi connectivity index (χ1v) is 8.14. The molecule has 1 aliphatic heterocycles.